The van der Waals surface area contributed by atoms with E-state index in [9.17, 15) is 9.59 Å². The third-order valence-electron chi connectivity index (χ3n) is 5.87. The first-order valence-electron chi connectivity index (χ1n) is 9.85. The van der Waals surface area contributed by atoms with Crippen molar-refractivity contribution in [2.75, 3.05) is 31.7 Å². The van der Waals surface area contributed by atoms with Crippen LogP contribution in [0.4, 0.5) is 5.82 Å². The number of ether oxygens (including phenoxy) is 1. The molecule has 2 aromatic heterocycles. The highest BCUT2D eigenvalue weighted by molar-refractivity contribution is 6.00. The van der Waals surface area contributed by atoms with Crippen LogP contribution in [0.3, 0.4) is 0 Å². The topological polar surface area (TPSA) is 88.5 Å². The SMILES string of the molecule is COCCN1C(=O)Cc2c(C)nc([C@]3(C)CCCN3C(=O)c3cccnc3)nc21. The first-order chi connectivity index (χ1) is 14.0. The van der Waals surface area contributed by atoms with Crippen LogP contribution in [-0.2, 0) is 21.5 Å². The molecule has 0 spiro atoms. The van der Waals surface area contributed by atoms with Gasteiger partial charge in [-0.05, 0) is 38.8 Å². The molecule has 8 nitrogen and oxygen atoms in total. The lowest BCUT2D eigenvalue weighted by atomic mass is 9.96. The molecule has 0 N–H and O–H groups in total. The third-order valence-corrected chi connectivity index (χ3v) is 5.87. The molecule has 4 rings (SSSR count). The van der Waals surface area contributed by atoms with Crippen molar-refractivity contribution >= 4 is 17.6 Å². The van der Waals surface area contributed by atoms with Gasteiger partial charge in [0.15, 0.2) is 5.82 Å². The molecule has 1 fully saturated rings. The summed E-state index contributed by atoms with van der Waals surface area (Å²) < 4.78 is 5.15. The normalized spacial score (nSPS) is 21.0. The number of anilines is 1. The van der Waals surface area contributed by atoms with Crippen molar-refractivity contribution in [3.8, 4) is 0 Å². The number of carbonyl (C=O) groups excluding carboxylic acids is 2. The Kier molecular flexibility index (Phi) is 5.04. The summed E-state index contributed by atoms with van der Waals surface area (Å²) in [5, 5.41) is 0. The fourth-order valence-electron chi connectivity index (χ4n) is 4.20. The summed E-state index contributed by atoms with van der Waals surface area (Å²) in [6.07, 6.45) is 5.18. The summed E-state index contributed by atoms with van der Waals surface area (Å²) >= 11 is 0. The number of amides is 2. The number of methoxy groups -OCH3 is 1. The molecule has 2 amide bonds. The molecule has 0 unspecified atom stereocenters. The minimum atomic E-state index is -0.634. The maximum atomic E-state index is 13.2. The predicted molar refractivity (Wildman–Crippen MR) is 107 cm³/mol. The highest BCUT2D eigenvalue weighted by Gasteiger charge is 2.45. The Morgan fingerprint density at radius 2 is 2.17 bits per heavy atom. The molecule has 1 saturated heterocycles. The molecule has 8 heteroatoms. The van der Waals surface area contributed by atoms with Gasteiger partial charge in [-0.25, -0.2) is 9.97 Å². The van der Waals surface area contributed by atoms with E-state index >= 15 is 0 Å². The molecule has 2 aliphatic rings. The Morgan fingerprint density at radius 1 is 1.34 bits per heavy atom. The van der Waals surface area contributed by atoms with E-state index in [1.54, 1.807) is 36.5 Å². The summed E-state index contributed by atoms with van der Waals surface area (Å²) in [5.41, 5.74) is 1.57. The molecule has 0 bridgehead atoms. The van der Waals surface area contributed by atoms with Crippen molar-refractivity contribution in [1.29, 1.82) is 0 Å². The molecular formula is C21H25N5O3. The first-order valence-corrected chi connectivity index (χ1v) is 9.85. The minimum Gasteiger partial charge on any atom is -0.383 e. The van der Waals surface area contributed by atoms with Crippen molar-refractivity contribution < 1.29 is 14.3 Å². The second kappa shape index (κ2) is 7.51. The Bertz CT molecular complexity index is 949. The van der Waals surface area contributed by atoms with E-state index in [0.29, 0.717) is 43.3 Å². The lowest BCUT2D eigenvalue weighted by Gasteiger charge is -2.34. The molecule has 0 aromatic carbocycles. The van der Waals surface area contributed by atoms with E-state index in [1.807, 2.05) is 18.7 Å². The van der Waals surface area contributed by atoms with Crippen molar-refractivity contribution in [2.45, 2.75) is 38.6 Å². The van der Waals surface area contributed by atoms with Gasteiger partial charge in [0.05, 0.1) is 25.1 Å². The Labute approximate surface area is 169 Å². The van der Waals surface area contributed by atoms with Gasteiger partial charge in [-0.1, -0.05) is 0 Å². The highest BCUT2D eigenvalue weighted by Crippen LogP contribution is 2.40. The standard InChI is InChI=1S/C21H25N5O3/c1-14-16-12-17(27)25(10-11-29-3)18(16)24-20(23-14)21(2)7-5-9-26(21)19(28)15-6-4-8-22-13-15/h4,6,8,13H,5,7,9-12H2,1-3H3/t21-/m0/s1. The van der Waals surface area contributed by atoms with Crippen LogP contribution in [-0.4, -0.2) is 58.5 Å². The second-order valence-corrected chi connectivity index (χ2v) is 7.73. The monoisotopic (exact) mass is 395 g/mol. The predicted octanol–water partition coefficient (Wildman–Crippen LogP) is 1.87. The van der Waals surface area contributed by atoms with Crippen LogP contribution < -0.4 is 4.90 Å². The van der Waals surface area contributed by atoms with Crippen molar-refractivity contribution in [1.82, 2.24) is 19.9 Å². The van der Waals surface area contributed by atoms with Gasteiger partial charge in [0.25, 0.3) is 5.91 Å². The number of carbonyl (C=O) groups is 2. The Balaban J connectivity index is 1.72. The summed E-state index contributed by atoms with van der Waals surface area (Å²) in [5.74, 6) is 1.16. The van der Waals surface area contributed by atoms with E-state index in [0.717, 1.165) is 24.1 Å². The number of fused-ring (bicyclic) bond motifs is 1. The summed E-state index contributed by atoms with van der Waals surface area (Å²) in [6, 6.07) is 3.53. The average molecular weight is 395 g/mol. The molecule has 0 radical (unpaired) electrons. The number of hydrogen-bond acceptors (Lipinski definition) is 6. The van der Waals surface area contributed by atoms with E-state index < -0.39 is 5.54 Å². The van der Waals surface area contributed by atoms with Crippen LogP contribution >= 0.6 is 0 Å². The van der Waals surface area contributed by atoms with Gasteiger partial charge in [-0.15, -0.1) is 0 Å². The zero-order valence-electron chi connectivity index (χ0n) is 17.0. The lowest BCUT2D eigenvalue weighted by molar-refractivity contribution is -0.117. The van der Waals surface area contributed by atoms with Crippen molar-refractivity contribution in [3.63, 3.8) is 0 Å². The average Bonchev–Trinajstić information content (AvgIpc) is 3.27. The van der Waals surface area contributed by atoms with Crippen LogP contribution in [0.1, 0.15) is 47.2 Å². The Morgan fingerprint density at radius 3 is 2.90 bits per heavy atom. The molecule has 0 aliphatic carbocycles. The number of aromatic nitrogens is 3. The number of nitrogens with zero attached hydrogens (tertiary/aromatic N) is 5. The third kappa shape index (κ3) is 3.27. The summed E-state index contributed by atoms with van der Waals surface area (Å²) in [7, 11) is 1.61. The quantitative estimate of drug-likeness (QED) is 0.768. The second-order valence-electron chi connectivity index (χ2n) is 7.73. The van der Waals surface area contributed by atoms with Gasteiger partial charge >= 0.3 is 0 Å². The molecule has 2 aliphatic heterocycles. The smallest absolute Gasteiger partial charge is 0.256 e. The van der Waals surface area contributed by atoms with Crippen molar-refractivity contribution in [2.24, 2.45) is 0 Å². The van der Waals surface area contributed by atoms with Crippen LogP contribution in [0.5, 0.6) is 0 Å². The fourth-order valence-corrected chi connectivity index (χ4v) is 4.20. The number of rotatable bonds is 5. The van der Waals surface area contributed by atoms with Crippen LogP contribution in [0, 0.1) is 6.92 Å². The highest BCUT2D eigenvalue weighted by atomic mass is 16.5. The number of hydrogen-bond donors (Lipinski definition) is 0. The minimum absolute atomic E-state index is 0.00599. The van der Waals surface area contributed by atoms with E-state index in [1.165, 1.54) is 0 Å². The van der Waals surface area contributed by atoms with Crippen LogP contribution in [0.2, 0.25) is 0 Å². The van der Waals surface area contributed by atoms with E-state index in [4.69, 9.17) is 14.7 Å². The zero-order chi connectivity index (χ0) is 20.6. The maximum absolute atomic E-state index is 13.2. The molecule has 152 valence electrons. The van der Waals surface area contributed by atoms with E-state index in [-0.39, 0.29) is 11.8 Å². The van der Waals surface area contributed by atoms with E-state index in [2.05, 4.69) is 4.98 Å². The largest absolute Gasteiger partial charge is 0.383 e. The van der Waals surface area contributed by atoms with Crippen LogP contribution in [0.15, 0.2) is 24.5 Å². The zero-order valence-corrected chi connectivity index (χ0v) is 17.0. The van der Waals surface area contributed by atoms with Gasteiger partial charge in [0, 0.05) is 37.3 Å². The molecule has 29 heavy (non-hydrogen) atoms. The number of pyridine rings is 1. The maximum Gasteiger partial charge on any atom is 0.256 e. The lowest BCUT2D eigenvalue weighted by Crippen LogP contribution is -2.44. The summed E-state index contributed by atoms with van der Waals surface area (Å²) in [6.45, 7) is 5.43. The van der Waals surface area contributed by atoms with Gasteiger partial charge in [-0.3, -0.25) is 19.5 Å². The van der Waals surface area contributed by atoms with Gasteiger partial charge in [0.1, 0.15) is 11.4 Å². The molecule has 4 heterocycles. The fraction of sp³-hybridized carbons (Fsp3) is 0.476. The van der Waals surface area contributed by atoms with Gasteiger partial charge in [-0.2, -0.15) is 0 Å². The number of likely N-dealkylation sites (tertiary alicyclic amines) is 1. The Hall–Kier alpha value is -2.87. The molecule has 1 atom stereocenters. The number of aryl methyl sites for hydroxylation is 1. The molecule has 0 saturated carbocycles. The van der Waals surface area contributed by atoms with Crippen molar-refractivity contribution in [3.05, 3.63) is 47.2 Å². The molecule has 2 aromatic rings. The van der Waals surface area contributed by atoms with Gasteiger partial charge in [0.2, 0.25) is 5.91 Å². The van der Waals surface area contributed by atoms with Gasteiger partial charge < -0.3 is 9.64 Å². The summed E-state index contributed by atoms with van der Waals surface area (Å²) in [4.78, 5) is 42.8. The molecular weight excluding hydrogens is 370 g/mol. The van der Waals surface area contributed by atoms with Crippen LogP contribution in [0.25, 0.3) is 0 Å². The first kappa shape index (κ1) is 19.4.